The summed E-state index contributed by atoms with van der Waals surface area (Å²) in [6.45, 7) is 5.51. The Labute approximate surface area is 160 Å². The molecule has 3 rings (SSSR count). The van der Waals surface area contributed by atoms with Crippen LogP contribution in [0.4, 0.5) is 0 Å². The Hall–Kier alpha value is -2.27. The van der Waals surface area contributed by atoms with Crippen molar-refractivity contribution in [3.05, 3.63) is 58.9 Å². The largest absolute Gasteiger partial charge is 0.497 e. The molecule has 0 radical (unpaired) electrons. The second-order valence-electron chi connectivity index (χ2n) is 6.36. The highest BCUT2D eigenvalue weighted by molar-refractivity contribution is 6.29. The van der Waals surface area contributed by atoms with Crippen LogP contribution in [0.5, 0.6) is 5.75 Å². The van der Waals surface area contributed by atoms with Crippen molar-refractivity contribution in [3.63, 3.8) is 0 Å². The van der Waals surface area contributed by atoms with Gasteiger partial charge in [-0.25, -0.2) is 9.98 Å². The van der Waals surface area contributed by atoms with Gasteiger partial charge in [0, 0.05) is 31.7 Å². The molecule has 2 heterocycles. The van der Waals surface area contributed by atoms with E-state index < -0.39 is 0 Å². The number of hydrogen-bond donors (Lipinski definition) is 1. The van der Waals surface area contributed by atoms with Crippen LogP contribution in [0.2, 0.25) is 5.15 Å². The molecule has 1 aliphatic rings. The molecular weight excluding hydrogens is 348 g/mol. The monoisotopic (exact) mass is 372 g/mol. The maximum Gasteiger partial charge on any atom is 0.194 e. The number of ether oxygens (including phenoxy) is 1. The van der Waals surface area contributed by atoms with Gasteiger partial charge in [0.15, 0.2) is 5.96 Å². The third kappa shape index (κ3) is 4.67. The summed E-state index contributed by atoms with van der Waals surface area (Å²) in [5.41, 5.74) is 2.40. The lowest BCUT2D eigenvalue weighted by Gasteiger charge is -2.22. The molecule has 1 N–H and O–H groups in total. The number of nitrogens with zero attached hydrogens (tertiary/aromatic N) is 3. The van der Waals surface area contributed by atoms with E-state index in [-0.39, 0.29) is 0 Å². The van der Waals surface area contributed by atoms with E-state index in [2.05, 4.69) is 34.3 Å². The summed E-state index contributed by atoms with van der Waals surface area (Å²) in [6.07, 6.45) is 2.90. The van der Waals surface area contributed by atoms with E-state index in [1.807, 2.05) is 18.2 Å². The highest BCUT2D eigenvalue weighted by Crippen LogP contribution is 2.28. The smallest absolute Gasteiger partial charge is 0.194 e. The normalized spacial score (nSPS) is 17.4. The Morgan fingerprint density at radius 2 is 2.12 bits per heavy atom. The first kappa shape index (κ1) is 18.5. The molecule has 0 spiro atoms. The zero-order valence-corrected chi connectivity index (χ0v) is 16.0. The molecule has 1 fully saturated rings. The summed E-state index contributed by atoms with van der Waals surface area (Å²) in [5, 5.41) is 3.91. The number of nitrogens with one attached hydrogen (secondary N) is 1. The zero-order valence-electron chi connectivity index (χ0n) is 15.3. The average Bonchev–Trinajstić information content (AvgIpc) is 3.16. The van der Waals surface area contributed by atoms with Gasteiger partial charge in [0.25, 0.3) is 0 Å². The van der Waals surface area contributed by atoms with Crippen LogP contribution in [0.1, 0.15) is 30.4 Å². The molecule has 1 aliphatic heterocycles. The second-order valence-corrected chi connectivity index (χ2v) is 6.75. The van der Waals surface area contributed by atoms with Crippen molar-refractivity contribution in [1.29, 1.82) is 0 Å². The SMILES string of the molecule is CCNC(=NCc1ccc(Cl)nc1)N1CCC(c2ccc(OC)cc2)C1. The first-order valence-electron chi connectivity index (χ1n) is 8.97. The lowest BCUT2D eigenvalue weighted by molar-refractivity contribution is 0.414. The zero-order chi connectivity index (χ0) is 18.4. The van der Waals surface area contributed by atoms with Crippen LogP contribution in [0.15, 0.2) is 47.6 Å². The average molecular weight is 373 g/mol. The van der Waals surface area contributed by atoms with E-state index in [9.17, 15) is 0 Å². The maximum atomic E-state index is 5.85. The van der Waals surface area contributed by atoms with E-state index in [1.165, 1.54) is 5.56 Å². The van der Waals surface area contributed by atoms with Gasteiger partial charge >= 0.3 is 0 Å². The highest BCUT2D eigenvalue weighted by atomic mass is 35.5. The molecule has 138 valence electrons. The van der Waals surface area contributed by atoms with Crippen LogP contribution < -0.4 is 10.1 Å². The summed E-state index contributed by atoms with van der Waals surface area (Å²) < 4.78 is 5.25. The number of pyridine rings is 1. The van der Waals surface area contributed by atoms with E-state index in [0.717, 1.165) is 43.3 Å². The van der Waals surface area contributed by atoms with Gasteiger partial charge in [0.05, 0.1) is 13.7 Å². The molecule has 6 heteroatoms. The van der Waals surface area contributed by atoms with E-state index >= 15 is 0 Å². The molecule has 0 bridgehead atoms. The number of guanidine groups is 1. The van der Waals surface area contributed by atoms with Crippen LogP contribution in [0, 0.1) is 0 Å². The van der Waals surface area contributed by atoms with E-state index in [4.69, 9.17) is 21.3 Å². The number of hydrogen-bond acceptors (Lipinski definition) is 3. The van der Waals surface area contributed by atoms with E-state index in [1.54, 1.807) is 19.4 Å². The molecule has 2 aromatic rings. The molecule has 0 aliphatic carbocycles. The Balaban J connectivity index is 1.66. The molecule has 5 nitrogen and oxygen atoms in total. The van der Waals surface area contributed by atoms with Crippen molar-refractivity contribution in [2.45, 2.75) is 25.8 Å². The predicted octanol–water partition coefficient (Wildman–Crippen LogP) is 3.70. The van der Waals surface area contributed by atoms with Crippen LogP contribution in [-0.2, 0) is 6.54 Å². The number of aliphatic imine (C=N–C) groups is 1. The van der Waals surface area contributed by atoms with Gasteiger partial charge in [-0.3, -0.25) is 0 Å². The predicted molar refractivity (Wildman–Crippen MR) is 106 cm³/mol. The molecule has 1 aromatic heterocycles. The van der Waals surface area contributed by atoms with Gasteiger partial charge in [-0.15, -0.1) is 0 Å². The second kappa shape index (κ2) is 8.90. The number of benzene rings is 1. The molecule has 0 amide bonds. The molecule has 1 saturated heterocycles. The van der Waals surface area contributed by atoms with E-state index in [0.29, 0.717) is 17.6 Å². The van der Waals surface area contributed by atoms with Gasteiger partial charge in [-0.05, 0) is 42.7 Å². The highest BCUT2D eigenvalue weighted by Gasteiger charge is 2.26. The molecule has 26 heavy (non-hydrogen) atoms. The van der Waals surface area contributed by atoms with Gasteiger partial charge in [0.1, 0.15) is 10.9 Å². The Morgan fingerprint density at radius 3 is 2.77 bits per heavy atom. The van der Waals surface area contributed by atoms with Gasteiger partial charge in [-0.2, -0.15) is 0 Å². The summed E-state index contributed by atoms with van der Waals surface area (Å²) in [4.78, 5) is 11.2. The number of halogens is 1. The van der Waals surface area contributed by atoms with Crippen molar-refractivity contribution < 1.29 is 4.74 Å². The third-order valence-corrected chi connectivity index (χ3v) is 4.83. The van der Waals surface area contributed by atoms with Crippen molar-refractivity contribution >= 4 is 17.6 Å². The first-order chi connectivity index (χ1) is 12.7. The molecule has 0 saturated carbocycles. The van der Waals surface area contributed by atoms with Crippen molar-refractivity contribution in [2.24, 2.45) is 4.99 Å². The van der Waals surface area contributed by atoms with Gasteiger partial charge < -0.3 is 15.0 Å². The summed E-state index contributed by atoms with van der Waals surface area (Å²) in [5.74, 6) is 2.37. The van der Waals surface area contributed by atoms with Crippen LogP contribution in [-0.4, -0.2) is 42.6 Å². The van der Waals surface area contributed by atoms with Crippen LogP contribution in [0.3, 0.4) is 0 Å². The van der Waals surface area contributed by atoms with Gasteiger partial charge in [0.2, 0.25) is 0 Å². The third-order valence-electron chi connectivity index (χ3n) is 4.61. The number of aromatic nitrogens is 1. The summed E-state index contributed by atoms with van der Waals surface area (Å²) >= 11 is 5.85. The first-order valence-corrected chi connectivity index (χ1v) is 9.35. The number of rotatable bonds is 5. The Kier molecular flexibility index (Phi) is 6.34. The lowest BCUT2D eigenvalue weighted by atomic mass is 9.98. The minimum atomic E-state index is 0.506. The minimum Gasteiger partial charge on any atom is -0.497 e. The molecular formula is C20H25ClN4O. The quantitative estimate of drug-likeness (QED) is 0.494. The molecule has 1 atom stereocenters. The summed E-state index contributed by atoms with van der Waals surface area (Å²) in [7, 11) is 1.70. The lowest BCUT2D eigenvalue weighted by Crippen LogP contribution is -2.40. The fourth-order valence-electron chi connectivity index (χ4n) is 3.19. The van der Waals surface area contributed by atoms with Crippen LogP contribution in [0.25, 0.3) is 0 Å². The fraction of sp³-hybridized carbons (Fsp3) is 0.400. The number of methoxy groups -OCH3 is 1. The molecule has 1 aromatic carbocycles. The topological polar surface area (TPSA) is 49.8 Å². The Morgan fingerprint density at radius 1 is 1.31 bits per heavy atom. The minimum absolute atomic E-state index is 0.506. The van der Waals surface area contributed by atoms with Crippen molar-refractivity contribution in [1.82, 2.24) is 15.2 Å². The van der Waals surface area contributed by atoms with Gasteiger partial charge in [-0.1, -0.05) is 29.8 Å². The molecule has 1 unspecified atom stereocenters. The fourth-order valence-corrected chi connectivity index (χ4v) is 3.30. The standard InChI is InChI=1S/C20H25ClN4O/c1-3-22-20(24-13-15-4-9-19(21)23-12-15)25-11-10-17(14-25)16-5-7-18(26-2)8-6-16/h4-9,12,17H,3,10-11,13-14H2,1-2H3,(H,22,24). The maximum absolute atomic E-state index is 5.85. The number of likely N-dealkylation sites (tertiary alicyclic amines) is 1. The summed E-state index contributed by atoms with van der Waals surface area (Å²) in [6, 6.07) is 12.2. The van der Waals surface area contributed by atoms with Crippen molar-refractivity contribution in [2.75, 3.05) is 26.7 Å². The van der Waals surface area contributed by atoms with Crippen LogP contribution >= 0.6 is 11.6 Å². The van der Waals surface area contributed by atoms with Crippen molar-refractivity contribution in [3.8, 4) is 5.75 Å². The Bertz CT molecular complexity index is 730.